The first-order chi connectivity index (χ1) is 10.0. The zero-order valence-electron chi connectivity index (χ0n) is 11.9. The summed E-state index contributed by atoms with van der Waals surface area (Å²) in [5, 5.41) is 8.73. The van der Waals surface area contributed by atoms with E-state index in [-0.39, 0.29) is 30.5 Å². The molecule has 21 heavy (non-hydrogen) atoms. The van der Waals surface area contributed by atoms with Gasteiger partial charge in [0.25, 0.3) is 0 Å². The van der Waals surface area contributed by atoms with Gasteiger partial charge in [-0.15, -0.1) is 0 Å². The highest BCUT2D eigenvalue weighted by Crippen LogP contribution is 2.21. The number of carboxylic acid groups (broad SMARTS) is 1. The minimum Gasteiger partial charge on any atom is -0.481 e. The van der Waals surface area contributed by atoms with Crippen molar-refractivity contribution in [1.29, 1.82) is 0 Å². The molecule has 2 rings (SSSR count). The summed E-state index contributed by atoms with van der Waals surface area (Å²) in [4.78, 5) is 24.7. The molecule has 1 saturated heterocycles. The number of hydrogen-bond acceptors (Lipinski definition) is 2. The van der Waals surface area contributed by atoms with Gasteiger partial charge in [0, 0.05) is 19.5 Å². The number of aliphatic carboxylic acids is 1. The van der Waals surface area contributed by atoms with Gasteiger partial charge in [0.2, 0.25) is 5.91 Å². The van der Waals surface area contributed by atoms with Crippen molar-refractivity contribution in [2.75, 3.05) is 13.1 Å². The van der Waals surface area contributed by atoms with Crippen LogP contribution in [-0.4, -0.2) is 35.0 Å². The highest BCUT2D eigenvalue weighted by atomic mass is 19.1. The predicted molar refractivity (Wildman–Crippen MR) is 76.3 cm³/mol. The van der Waals surface area contributed by atoms with Gasteiger partial charge >= 0.3 is 5.97 Å². The van der Waals surface area contributed by atoms with Crippen LogP contribution in [0.15, 0.2) is 24.3 Å². The van der Waals surface area contributed by atoms with Gasteiger partial charge in [-0.2, -0.15) is 0 Å². The number of carboxylic acids is 1. The smallest absolute Gasteiger partial charge is 0.303 e. The van der Waals surface area contributed by atoms with Gasteiger partial charge < -0.3 is 10.0 Å². The molecule has 0 saturated carbocycles. The van der Waals surface area contributed by atoms with Crippen molar-refractivity contribution in [3.63, 3.8) is 0 Å². The van der Waals surface area contributed by atoms with Crippen LogP contribution in [-0.2, 0) is 16.0 Å². The number of nitrogens with zero attached hydrogens (tertiary/aromatic N) is 1. The van der Waals surface area contributed by atoms with E-state index in [2.05, 4.69) is 0 Å². The van der Waals surface area contributed by atoms with E-state index in [4.69, 9.17) is 5.11 Å². The number of likely N-dealkylation sites (tertiary alicyclic amines) is 1. The Hall–Kier alpha value is -1.91. The Morgan fingerprint density at radius 1 is 1.29 bits per heavy atom. The predicted octanol–water partition coefficient (Wildman–Crippen LogP) is 2.47. The molecule has 1 aliphatic heterocycles. The molecule has 0 spiro atoms. The third kappa shape index (κ3) is 4.85. The topological polar surface area (TPSA) is 57.6 Å². The summed E-state index contributed by atoms with van der Waals surface area (Å²) in [5.74, 6) is -0.795. The lowest BCUT2D eigenvalue weighted by Crippen LogP contribution is -2.40. The zero-order valence-corrected chi connectivity index (χ0v) is 11.9. The number of piperidine rings is 1. The molecule has 1 aromatic carbocycles. The Labute approximate surface area is 123 Å². The third-order valence-electron chi connectivity index (χ3n) is 3.91. The molecule has 1 fully saturated rings. The molecule has 4 nitrogen and oxygen atoms in total. The Balaban J connectivity index is 1.86. The van der Waals surface area contributed by atoms with Crippen LogP contribution in [0.25, 0.3) is 0 Å². The van der Waals surface area contributed by atoms with Crippen molar-refractivity contribution in [3.8, 4) is 0 Å². The summed E-state index contributed by atoms with van der Waals surface area (Å²) in [6.07, 6.45) is 2.94. The lowest BCUT2D eigenvalue weighted by atomic mass is 9.93. The van der Waals surface area contributed by atoms with Crippen molar-refractivity contribution in [1.82, 2.24) is 4.90 Å². The number of carbonyl (C=O) groups is 2. The molecular formula is C16H20FNO3. The maximum atomic E-state index is 12.8. The molecule has 0 bridgehead atoms. The first-order valence-corrected chi connectivity index (χ1v) is 7.28. The van der Waals surface area contributed by atoms with Crippen molar-refractivity contribution in [2.45, 2.75) is 32.1 Å². The lowest BCUT2D eigenvalue weighted by Gasteiger charge is -2.32. The normalized spacial score (nSPS) is 18.5. The van der Waals surface area contributed by atoms with E-state index in [1.165, 1.54) is 12.1 Å². The van der Waals surface area contributed by atoms with Gasteiger partial charge in [-0.05, 0) is 42.9 Å². The van der Waals surface area contributed by atoms with Crippen LogP contribution in [0.2, 0.25) is 0 Å². The number of carbonyl (C=O) groups excluding carboxylic acids is 1. The van der Waals surface area contributed by atoms with Gasteiger partial charge in [0.05, 0.1) is 6.42 Å². The van der Waals surface area contributed by atoms with Crippen LogP contribution in [0.1, 0.15) is 31.2 Å². The average molecular weight is 293 g/mol. The Bertz CT molecular complexity index is 501. The van der Waals surface area contributed by atoms with E-state index < -0.39 is 5.97 Å². The molecule has 1 heterocycles. The standard InChI is InChI=1S/C16H20FNO3/c17-14-6-3-12(4-7-14)10-15(19)18-9-1-2-13(11-18)5-8-16(20)21/h3-4,6-7,13H,1-2,5,8-11H2,(H,20,21). The second-order valence-corrected chi connectivity index (χ2v) is 5.58. The molecule has 0 radical (unpaired) electrons. The fourth-order valence-corrected chi connectivity index (χ4v) is 2.74. The Morgan fingerprint density at radius 3 is 2.67 bits per heavy atom. The zero-order chi connectivity index (χ0) is 15.2. The van der Waals surface area contributed by atoms with Crippen LogP contribution >= 0.6 is 0 Å². The second kappa shape index (κ2) is 7.20. The highest BCUT2D eigenvalue weighted by molar-refractivity contribution is 5.78. The van der Waals surface area contributed by atoms with E-state index in [9.17, 15) is 14.0 Å². The van der Waals surface area contributed by atoms with Gasteiger partial charge in [0.15, 0.2) is 0 Å². The maximum absolute atomic E-state index is 12.8. The molecule has 1 atom stereocenters. The molecule has 1 unspecified atom stereocenters. The molecule has 114 valence electrons. The first-order valence-electron chi connectivity index (χ1n) is 7.28. The van der Waals surface area contributed by atoms with E-state index in [1.807, 2.05) is 0 Å². The monoisotopic (exact) mass is 293 g/mol. The lowest BCUT2D eigenvalue weighted by molar-refractivity contribution is -0.137. The van der Waals surface area contributed by atoms with Crippen molar-refractivity contribution < 1.29 is 19.1 Å². The molecular weight excluding hydrogens is 273 g/mol. The van der Waals surface area contributed by atoms with Crippen molar-refractivity contribution in [2.24, 2.45) is 5.92 Å². The summed E-state index contributed by atoms with van der Waals surface area (Å²) in [7, 11) is 0. The number of rotatable bonds is 5. The van der Waals surface area contributed by atoms with Gasteiger partial charge in [-0.1, -0.05) is 12.1 Å². The molecule has 0 aromatic heterocycles. The number of halogens is 1. The fraction of sp³-hybridized carbons (Fsp3) is 0.500. The molecule has 5 heteroatoms. The summed E-state index contributed by atoms with van der Waals surface area (Å²) in [5.41, 5.74) is 0.800. The average Bonchev–Trinajstić information content (AvgIpc) is 2.48. The molecule has 1 N–H and O–H groups in total. The van der Waals surface area contributed by atoms with E-state index in [0.29, 0.717) is 13.0 Å². The summed E-state index contributed by atoms with van der Waals surface area (Å²) in [6, 6.07) is 5.96. The first kappa shape index (κ1) is 15.5. The minimum absolute atomic E-state index is 0.0293. The van der Waals surface area contributed by atoms with Crippen LogP contribution in [0.3, 0.4) is 0 Å². The maximum Gasteiger partial charge on any atom is 0.303 e. The van der Waals surface area contributed by atoms with Gasteiger partial charge in [-0.25, -0.2) is 4.39 Å². The van der Waals surface area contributed by atoms with Crippen molar-refractivity contribution in [3.05, 3.63) is 35.6 Å². The van der Waals surface area contributed by atoms with E-state index in [1.54, 1.807) is 17.0 Å². The Morgan fingerprint density at radius 2 is 2.00 bits per heavy atom. The summed E-state index contributed by atoms with van der Waals surface area (Å²) >= 11 is 0. The molecule has 1 amide bonds. The van der Waals surface area contributed by atoms with Crippen LogP contribution in [0.5, 0.6) is 0 Å². The molecule has 1 aliphatic rings. The van der Waals surface area contributed by atoms with E-state index in [0.717, 1.165) is 24.9 Å². The van der Waals surface area contributed by atoms with Gasteiger partial charge in [0.1, 0.15) is 5.82 Å². The quantitative estimate of drug-likeness (QED) is 0.907. The summed E-state index contributed by atoms with van der Waals surface area (Å²) < 4.78 is 12.8. The van der Waals surface area contributed by atoms with Gasteiger partial charge in [-0.3, -0.25) is 9.59 Å². The van der Waals surface area contributed by atoms with E-state index >= 15 is 0 Å². The fourth-order valence-electron chi connectivity index (χ4n) is 2.74. The third-order valence-corrected chi connectivity index (χ3v) is 3.91. The molecule has 1 aromatic rings. The SMILES string of the molecule is O=C(O)CCC1CCCN(C(=O)Cc2ccc(F)cc2)C1. The Kier molecular flexibility index (Phi) is 5.31. The van der Waals surface area contributed by atoms with Crippen molar-refractivity contribution >= 4 is 11.9 Å². The summed E-state index contributed by atoms with van der Waals surface area (Å²) in [6.45, 7) is 1.36. The largest absolute Gasteiger partial charge is 0.481 e. The highest BCUT2D eigenvalue weighted by Gasteiger charge is 2.23. The van der Waals surface area contributed by atoms with Crippen LogP contribution in [0, 0.1) is 11.7 Å². The minimum atomic E-state index is -0.787. The number of hydrogen-bond donors (Lipinski definition) is 1. The number of benzene rings is 1. The molecule has 0 aliphatic carbocycles. The number of amides is 1. The van der Waals surface area contributed by atoms with Crippen LogP contribution < -0.4 is 0 Å². The second-order valence-electron chi connectivity index (χ2n) is 5.58. The van der Waals surface area contributed by atoms with Crippen LogP contribution in [0.4, 0.5) is 4.39 Å².